The Morgan fingerprint density at radius 3 is 2.22 bits per heavy atom. The van der Waals surface area contributed by atoms with Gasteiger partial charge in [-0.05, 0) is 24.3 Å². The Hall–Kier alpha value is -0.800. The fraction of sp³-hybridized carbons (Fsp3) is 0. The Morgan fingerprint density at radius 2 is 1.61 bits per heavy atom. The highest BCUT2D eigenvalue weighted by atomic mass is 35.5. The van der Waals surface area contributed by atoms with Crippen LogP contribution in [0.4, 0.5) is 0 Å². The van der Waals surface area contributed by atoms with E-state index in [0.717, 1.165) is 0 Å². The lowest BCUT2D eigenvalue weighted by Crippen LogP contribution is -1.90. The number of nitrogens with zero attached hydrogens (tertiary/aromatic N) is 1. The zero-order valence-corrected chi connectivity index (χ0v) is 11.8. The summed E-state index contributed by atoms with van der Waals surface area (Å²) in [5.41, 5.74) is 1.44. The van der Waals surface area contributed by atoms with Gasteiger partial charge in [-0.3, -0.25) is 4.79 Å². The summed E-state index contributed by atoms with van der Waals surface area (Å²) >= 11 is 23.7. The molecule has 0 spiro atoms. The maximum atomic E-state index is 10.7. The van der Waals surface area contributed by atoms with E-state index in [2.05, 4.69) is 4.98 Å². The van der Waals surface area contributed by atoms with Gasteiger partial charge in [0.15, 0.2) is 6.29 Å². The highest BCUT2D eigenvalue weighted by molar-refractivity contribution is 6.44. The van der Waals surface area contributed by atoms with Gasteiger partial charge in [0.05, 0.1) is 26.3 Å². The quantitative estimate of drug-likeness (QED) is 0.434. The van der Waals surface area contributed by atoms with Crippen molar-refractivity contribution in [1.82, 2.24) is 4.98 Å². The molecule has 0 bridgehead atoms. The van der Waals surface area contributed by atoms with E-state index >= 15 is 0 Å². The first-order chi connectivity index (χ1) is 8.52. The molecular formula is C12H5Cl4NO. The van der Waals surface area contributed by atoms with Gasteiger partial charge in [-0.25, -0.2) is 4.98 Å². The van der Waals surface area contributed by atoms with E-state index in [9.17, 15) is 4.79 Å². The lowest BCUT2D eigenvalue weighted by Gasteiger charge is -2.07. The smallest absolute Gasteiger partial charge is 0.153 e. The summed E-state index contributed by atoms with van der Waals surface area (Å²) in [6.45, 7) is 0. The molecule has 1 heterocycles. The number of halogens is 4. The first kappa shape index (κ1) is 13.6. The Labute approximate surface area is 123 Å². The van der Waals surface area contributed by atoms with E-state index < -0.39 is 0 Å². The molecule has 0 aliphatic heterocycles. The SMILES string of the molecule is O=Cc1ccc(-c2cc(Cl)c(Cl)cc2Cl)nc1Cl. The summed E-state index contributed by atoms with van der Waals surface area (Å²) in [5, 5.41) is 1.26. The lowest BCUT2D eigenvalue weighted by molar-refractivity contribution is 0.112. The van der Waals surface area contributed by atoms with Crippen LogP contribution in [0.25, 0.3) is 11.3 Å². The van der Waals surface area contributed by atoms with Crippen LogP contribution in [0.3, 0.4) is 0 Å². The van der Waals surface area contributed by atoms with Gasteiger partial charge in [-0.1, -0.05) is 46.4 Å². The number of carbonyl (C=O) groups excluding carboxylic acids is 1. The molecule has 0 saturated heterocycles. The summed E-state index contributed by atoms with van der Waals surface area (Å²) in [6, 6.07) is 6.34. The van der Waals surface area contributed by atoms with Crippen molar-refractivity contribution >= 4 is 52.7 Å². The van der Waals surface area contributed by atoms with Gasteiger partial charge in [0, 0.05) is 5.56 Å². The molecule has 92 valence electrons. The first-order valence-electron chi connectivity index (χ1n) is 4.79. The Bertz CT molecular complexity index is 628. The topological polar surface area (TPSA) is 30.0 Å². The third-order valence-electron chi connectivity index (χ3n) is 2.29. The van der Waals surface area contributed by atoms with E-state index in [1.165, 1.54) is 6.07 Å². The summed E-state index contributed by atoms with van der Waals surface area (Å²) < 4.78 is 0. The first-order valence-corrected chi connectivity index (χ1v) is 6.30. The van der Waals surface area contributed by atoms with Crippen LogP contribution < -0.4 is 0 Å². The molecule has 0 fully saturated rings. The number of hydrogen-bond donors (Lipinski definition) is 0. The number of aromatic nitrogens is 1. The molecule has 0 saturated carbocycles. The van der Waals surface area contributed by atoms with Gasteiger partial charge in [-0.15, -0.1) is 0 Å². The highest BCUT2D eigenvalue weighted by Crippen LogP contribution is 2.35. The van der Waals surface area contributed by atoms with Crippen LogP contribution in [0.15, 0.2) is 24.3 Å². The summed E-state index contributed by atoms with van der Waals surface area (Å²) in [7, 11) is 0. The minimum absolute atomic E-state index is 0.115. The summed E-state index contributed by atoms with van der Waals surface area (Å²) in [5.74, 6) is 0. The molecule has 2 nitrogen and oxygen atoms in total. The number of hydrogen-bond acceptors (Lipinski definition) is 2. The second-order valence-electron chi connectivity index (χ2n) is 3.44. The maximum absolute atomic E-state index is 10.7. The van der Waals surface area contributed by atoms with E-state index in [-0.39, 0.29) is 5.15 Å². The van der Waals surface area contributed by atoms with Crippen molar-refractivity contribution in [3.63, 3.8) is 0 Å². The molecule has 0 radical (unpaired) electrons. The van der Waals surface area contributed by atoms with Gasteiger partial charge in [0.25, 0.3) is 0 Å². The molecule has 6 heteroatoms. The number of benzene rings is 1. The Morgan fingerprint density at radius 1 is 0.944 bits per heavy atom. The van der Waals surface area contributed by atoms with Gasteiger partial charge >= 0.3 is 0 Å². The zero-order valence-electron chi connectivity index (χ0n) is 8.75. The Balaban J connectivity index is 2.58. The molecule has 0 unspecified atom stereocenters. The van der Waals surface area contributed by atoms with Crippen LogP contribution in [0.1, 0.15) is 10.4 Å². The van der Waals surface area contributed by atoms with Gasteiger partial charge < -0.3 is 0 Å². The average Bonchev–Trinajstić information content (AvgIpc) is 2.33. The predicted octanol–water partition coefficient (Wildman–Crippen LogP) is 5.17. The number of rotatable bonds is 2. The van der Waals surface area contributed by atoms with Crippen LogP contribution in [0.5, 0.6) is 0 Å². The van der Waals surface area contributed by atoms with E-state index in [0.29, 0.717) is 38.2 Å². The van der Waals surface area contributed by atoms with Crippen molar-refractivity contribution < 1.29 is 4.79 Å². The van der Waals surface area contributed by atoms with Gasteiger partial charge in [0.2, 0.25) is 0 Å². The van der Waals surface area contributed by atoms with Crippen LogP contribution in [-0.4, -0.2) is 11.3 Å². The van der Waals surface area contributed by atoms with Crippen molar-refractivity contribution in [2.75, 3.05) is 0 Å². The molecule has 0 aliphatic carbocycles. The normalized spacial score (nSPS) is 10.4. The maximum Gasteiger partial charge on any atom is 0.153 e. The Kier molecular flexibility index (Phi) is 4.13. The van der Waals surface area contributed by atoms with E-state index in [4.69, 9.17) is 46.4 Å². The fourth-order valence-corrected chi connectivity index (χ4v) is 2.24. The summed E-state index contributed by atoms with van der Waals surface area (Å²) in [6.07, 6.45) is 0.634. The van der Waals surface area contributed by atoms with E-state index in [1.807, 2.05) is 0 Å². The third kappa shape index (κ3) is 2.62. The fourth-order valence-electron chi connectivity index (χ4n) is 1.40. The number of pyridine rings is 1. The van der Waals surface area contributed by atoms with Crippen LogP contribution in [0, 0.1) is 0 Å². The molecule has 2 rings (SSSR count). The third-order valence-corrected chi connectivity index (χ3v) is 3.63. The number of carbonyl (C=O) groups is 1. The van der Waals surface area contributed by atoms with Crippen LogP contribution >= 0.6 is 46.4 Å². The summed E-state index contributed by atoms with van der Waals surface area (Å²) in [4.78, 5) is 14.7. The molecular weight excluding hydrogens is 316 g/mol. The number of aldehydes is 1. The monoisotopic (exact) mass is 319 g/mol. The van der Waals surface area contributed by atoms with E-state index in [1.54, 1.807) is 18.2 Å². The molecule has 2 aromatic rings. The van der Waals surface area contributed by atoms with Gasteiger partial charge in [0.1, 0.15) is 5.15 Å². The average molecular weight is 321 g/mol. The lowest BCUT2D eigenvalue weighted by atomic mass is 10.1. The van der Waals surface area contributed by atoms with Gasteiger partial charge in [-0.2, -0.15) is 0 Å². The minimum atomic E-state index is 0.115. The zero-order chi connectivity index (χ0) is 13.3. The second-order valence-corrected chi connectivity index (χ2v) is 5.02. The van der Waals surface area contributed by atoms with Crippen molar-refractivity contribution in [3.8, 4) is 11.3 Å². The highest BCUT2D eigenvalue weighted by Gasteiger charge is 2.11. The molecule has 0 amide bonds. The molecule has 1 aromatic heterocycles. The molecule has 0 N–H and O–H groups in total. The molecule has 0 aliphatic rings. The largest absolute Gasteiger partial charge is 0.298 e. The van der Waals surface area contributed by atoms with Crippen molar-refractivity contribution in [1.29, 1.82) is 0 Å². The molecule has 1 aromatic carbocycles. The second kappa shape index (κ2) is 5.45. The van der Waals surface area contributed by atoms with Crippen molar-refractivity contribution in [3.05, 3.63) is 50.0 Å². The molecule has 0 atom stereocenters. The van der Waals surface area contributed by atoms with Crippen LogP contribution in [0.2, 0.25) is 20.2 Å². The van der Waals surface area contributed by atoms with Crippen LogP contribution in [-0.2, 0) is 0 Å². The molecule has 18 heavy (non-hydrogen) atoms. The standard InChI is InChI=1S/C12H5Cl4NO/c13-8-4-10(15)9(14)3-7(8)11-2-1-6(5-18)12(16)17-11/h1-5H. The van der Waals surface area contributed by atoms with Crippen molar-refractivity contribution in [2.24, 2.45) is 0 Å². The van der Waals surface area contributed by atoms with Crippen molar-refractivity contribution in [2.45, 2.75) is 0 Å². The predicted molar refractivity (Wildman–Crippen MR) is 75.1 cm³/mol. The minimum Gasteiger partial charge on any atom is -0.298 e.